The van der Waals surface area contributed by atoms with Crippen LogP contribution in [-0.4, -0.2) is 0 Å². The van der Waals surface area contributed by atoms with Crippen molar-refractivity contribution in [1.82, 2.24) is 0 Å². The summed E-state index contributed by atoms with van der Waals surface area (Å²) in [6.45, 7) is 2.27. The Morgan fingerprint density at radius 3 is 1.77 bits per heavy atom. The van der Waals surface area contributed by atoms with Crippen molar-refractivity contribution < 1.29 is 0 Å². The SMILES string of the molecule is CC1=CC=C2c3ccccc3C3(c4ccccc4-c4ccccc43)C2C1. The minimum atomic E-state index is -0.0505. The van der Waals surface area contributed by atoms with Crippen LogP contribution in [-0.2, 0) is 5.41 Å². The van der Waals surface area contributed by atoms with Gasteiger partial charge in [0.25, 0.3) is 0 Å². The van der Waals surface area contributed by atoms with Gasteiger partial charge in [0.05, 0.1) is 5.41 Å². The highest BCUT2D eigenvalue weighted by atomic mass is 14.6. The summed E-state index contributed by atoms with van der Waals surface area (Å²) in [7, 11) is 0. The Hall–Kier alpha value is -2.86. The first-order valence-corrected chi connectivity index (χ1v) is 9.48. The van der Waals surface area contributed by atoms with Crippen LogP contribution in [0.4, 0.5) is 0 Å². The molecule has 1 unspecified atom stereocenters. The van der Waals surface area contributed by atoms with E-state index < -0.39 is 0 Å². The smallest absolute Gasteiger partial charge is 0.0541 e. The molecule has 26 heavy (non-hydrogen) atoms. The summed E-state index contributed by atoms with van der Waals surface area (Å²) in [5.41, 5.74) is 11.6. The summed E-state index contributed by atoms with van der Waals surface area (Å²) in [4.78, 5) is 0. The molecule has 124 valence electrons. The molecule has 0 N–H and O–H groups in total. The van der Waals surface area contributed by atoms with Crippen molar-refractivity contribution in [2.45, 2.75) is 18.8 Å². The minimum absolute atomic E-state index is 0.0505. The molecule has 0 aromatic heterocycles. The Kier molecular flexibility index (Phi) is 2.68. The maximum absolute atomic E-state index is 2.38. The fraction of sp³-hybridized carbons (Fsp3) is 0.154. The predicted molar refractivity (Wildman–Crippen MR) is 108 cm³/mol. The second-order valence-electron chi connectivity index (χ2n) is 7.84. The number of rotatable bonds is 0. The van der Waals surface area contributed by atoms with E-state index in [-0.39, 0.29) is 5.41 Å². The molecule has 3 aromatic rings. The van der Waals surface area contributed by atoms with Gasteiger partial charge in [-0.05, 0) is 52.3 Å². The summed E-state index contributed by atoms with van der Waals surface area (Å²) in [6, 6.07) is 27.2. The van der Waals surface area contributed by atoms with Gasteiger partial charge in [-0.15, -0.1) is 0 Å². The first kappa shape index (κ1) is 14.3. The number of fused-ring (bicyclic) bond motifs is 10. The van der Waals surface area contributed by atoms with E-state index in [1.54, 1.807) is 0 Å². The lowest BCUT2D eigenvalue weighted by molar-refractivity contribution is 0.485. The Labute approximate surface area is 154 Å². The standard InChI is InChI=1S/C26H20/c1-17-14-15-21-20-10-4-7-13-24(20)26(25(21)16-17)22-11-5-2-8-18(22)19-9-3-6-12-23(19)26/h2-15,25H,16H2,1H3. The van der Waals surface area contributed by atoms with E-state index in [0.717, 1.165) is 6.42 Å². The monoisotopic (exact) mass is 332 g/mol. The van der Waals surface area contributed by atoms with Crippen LogP contribution in [0, 0.1) is 5.92 Å². The van der Waals surface area contributed by atoms with E-state index >= 15 is 0 Å². The predicted octanol–water partition coefficient (Wildman–Crippen LogP) is 6.36. The van der Waals surface area contributed by atoms with Crippen LogP contribution in [0.5, 0.6) is 0 Å². The fourth-order valence-electron chi connectivity index (χ4n) is 5.71. The Bertz CT molecular complexity index is 1080. The van der Waals surface area contributed by atoms with Gasteiger partial charge in [-0.2, -0.15) is 0 Å². The van der Waals surface area contributed by atoms with Gasteiger partial charge in [0.2, 0.25) is 0 Å². The average Bonchev–Trinajstić information content (AvgIpc) is 3.15. The molecule has 0 saturated carbocycles. The molecule has 6 rings (SSSR count). The minimum Gasteiger partial charge on any atom is -0.0727 e. The normalized spacial score (nSPS) is 20.7. The molecule has 0 fully saturated rings. The van der Waals surface area contributed by atoms with E-state index in [9.17, 15) is 0 Å². The summed E-state index contributed by atoms with van der Waals surface area (Å²) in [6.07, 6.45) is 5.82. The van der Waals surface area contributed by atoms with Crippen LogP contribution in [0.2, 0.25) is 0 Å². The molecule has 3 aliphatic carbocycles. The van der Waals surface area contributed by atoms with Gasteiger partial charge in [0.1, 0.15) is 0 Å². The molecular weight excluding hydrogens is 312 g/mol. The van der Waals surface area contributed by atoms with Crippen molar-refractivity contribution in [1.29, 1.82) is 0 Å². The first-order valence-electron chi connectivity index (χ1n) is 9.48. The number of allylic oxidation sites excluding steroid dienone is 4. The van der Waals surface area contributed by atoms with Gasteiger partial charge in [-0.3, -0.25) is 0 Å². The van der Waals surface area contributed by atoms with Gasteiger partial charge in [0.15, 0.2) is 0 Å². The topological polar surface area (TPSA) is 0 Å². The van der Waals surface area contributed by atoms with E-state index in [2.05, 4.69) is 91.9 Å². The number of hydrogen-bond acceptors (Lipinski definition) is 0. The molecule has 1 atom stereocenters. The van der Waals surface area contributed by atoms with Crippen LogP contribution in [0.1, 0.15) is 35.6 Å². The second-order valence-corrected chi connectivity index (χ2v) is 7.84. The van der Waals surface area contributed by atoms with E-state index in [1.165, 1.54) is 44.5 Å². The van der Waals surface area contributed by atoms with Crippen molar-refractivity contribution >= 4 is 5.57 Å². The molecule has 0 nitrogen and oxygen atoms in total. The van der Waals surface area contributed by atoms with Gasteiger partial charge in [-0.1, -0.05) is 90.5 Å². The van der Waals surface area contributed by atoms with Crippen LogP contribution in [0.15, 0.2) is 90.5 Å². The lowest BCUT2D eigenvalue weighted by atomic mass is 9.64. The number of hydrogen-bond donors (Lipinski definition) is 0. The fourth-order valence-corrected chi connectivity index (χ4v) is 5.71. The summed E-state index contributed by atoms with van der Waals surface area (Å²) in [5.74, 6) is 0.481. The van der Waals surface area contributed by atoms with Crippen LogP contribution in [0.3, 0.4) is 0 Å². The van der Waals surface area contributed by atoms with Crippen molar-refractivity contribution in [3.8, 4) is 11.1 Å². The first-order chi connectivity index (χ1) is 12.8. The zero-order valence-corrected chi connectivity index (χ0v) is 14.9. The molecular formula is C26H20. The molecule has 0 aliphatic heterocycles. The molecule has 3 aromatic carbocycles. The molecule has 1 spiro atoms. The third-order valence-electron chi connectivity index (χ3n) is 6.63. The molecule has 0 amide bonds. The summed E-state index contributed by atoms with van der Waals surface area (Å²) >= 11 is 0. The average molecular weight is 332 g/mol. The highest BCUT2D eigenvalue weighted by Gasteiger charge is 2.56. The van der Waals surface area contributed by atoms with Crippen molar-refractivity contribution in [3.63, 3.8) is 0 Å². The summed E-state index contributed by atoms with van der Waals surface area (Å²) in [5, 5.41) is 0. The maximum Gasteiger partial charge on any atom is 0.0541 e. The second kappa shape index (κ2) is 4.86. The van der Waals surface area contributed by atoms with E-state index in [1.807, 2.05) is 0 Å². The lowest BCUT2D eigenvalue weighted by Crippen LogP contribution is -2.33. The van der Waals surface area contributed by atoms with Crippen LogP contribution >= 0.6 is 0 Å². The largest absolute Gasteiger partial charge is 0.0727 e. The van der Waals surface area contributed by atoms with Gasteiger partial charge >= 0.3 is 0 Å². The highest BCUT2D eigenvalue weighted by Crippen LogP contribution is 2.65. The third-order valence-corrected chi connectivity index (χ3v) is 6.63. The zero-order valence-electron chi connectivity index (χ0n) is 14.9. The van der Waals surface area contributed by atoms with Crippen molar-refractivity contribution in [2.24, 2.45) is 5.92 Å². The molecule has 0 saturated heterocycles. The number of benzene rings is 3. The summed E-state index contributed by atoms with van der Waals surface area (Å²) < 4.78 is 0. The van der Waals surface area contributed by atoms with Crippen LogP contribution in [0.25, 0.3) is 16.7 Å². The van der Waals surface area contributed by atoms with Crippen molar-refractivity contribution in [3.05, 3.63) is 113 Å². The molecule has 3 aliphatic rings. The third kappa shape index (κ3) is 1.52. The molecule has 0 bridgehead atoms. The van der Waals surface area contributed by atoms with Crippen LogP contribution < -0.4 is 0 Å². The highest BCUT2D eigenvalue weighted by molar-refractivity contribution is 5.92. The maximum atomic E-state index is 2.38. The van der Waals surface area contributed by atoms with Crippen molar-refractivity contribution in [2.75, 3.05) is 0 Å². The molecule has 0 radical (unpaired) electrons. The molecule has 0 heterocycles. The van der Waals surface area contributed by atoms with Gasteiger partial charge < -0.3 is 0 Å². The quantitative estimate of drug-likeness (QED) is 0.449. The van der Waals surface area contributed by atoms with E-state index in [4.69, 9.17) is 0 Å². The lowest BCUT2D eigenvalue weighted by Gasteiger charge is -2.37. The van der Waals surface area contributed by atoms with Gasteiger partial charge in [-0.25, -0.2) is 0 Å². The molecule has 0 heteroatoms. The Balaban J connectivity index is 1.80. The zero-order chi connectivity index (χ0) is 17.3. The van der Waals surface area contributed by atoms with E-state index in [0.29, 0.717) is 5.92 Å². The Morgan fingerprint density at radius 1 is 0.654 bits per heavy atom. The van der Waals surface area contributed by atoms with Gasteiger partial charge in [0, 0.05) is 5.92 Å². The Morgan fingerprint density at radius 2 is 1.15 bits per heavy atom.